The van der Waals surface area contributed by atoms with Crippen LogP contribution in [0.2, 0.25) is 0 Å². The highest BCUT2D eigenvalue weighted by Gasteiger charge is 2.36. The van der Waals surface area contributed by atoms with Crippen LogP contribution in [-0.4, -0.2) is 4.57 Å². The van der Waals surface area contributed by atoms with Gasteiger partial charge in [-0.05, 0) is 122 Å². The van der Waals surface area contributed by atoms with Gasteiger partial charge >= 0.3 is 0 Å². The van der Waals surface area contributed by atoms with Gasteiger partial charge in [0.2, 0.25) is 0 Å². The molecule has 1 N–H and O–H groups in total. The topological polar surface area (TPSA) is 17.0 Å². The zero-order chi connectivity index (χ0) is 38.1. The standard InChI is InChI=1S/C55H40N2/c1-55(2)50-23-12-11-22-45(50)47-34-49-48-33-42(26-29-53(48)57(54(49)35-51(47)55)44-27-24-37-16-9-10-19-40(37)31-44)41-25-28-52(46(32-41)38-17-7-4-8-18-38)56-43-21-13-20-39(30-43)36-14-5-3-6-15-36/h3-35,56H,1-2H3. The summed E-state index contributed by atoms with van der Waals surface area (Å²) in [7, 11) is 0. The van der Waals surface area contributed by atoms with Crippen LogP contribution in [0.1, 0.15) is 25.0 Å². The second-order valence-corrected chi connectivity index (χ2v) is 15.9. The second kappa shape index (κ2) is 13.0. The predicted molar refractivity (Wildman–Crippen MR) is 242 cm³/mol. The van der Waals surface area contributed by atoms with E-state index in [2.05, 4.69) is 224 Å². The number of nitrogens with zero attached hydrogens (tertiary/aromatic N) is 1. The van der Waals surface area contributed by atoms with E-state index >= 15 is 0 Å². The molecule has 0 bridgehead atoms. The maximum absolute atomic E-state index is 3.78. The molecule has 0 amide bonds. The van der Waals surface area contributed by atoms with Gasteiger partial charge in [-0.3, -0.25) is 0 Å². The van der Waals surface area contributed by atoms with Crippen LogP contribution in [0.15, 0.2) is 200 Å². The molecule has 1 aromatic heterocycles. The molecule has 11 rings (SSSR count). The van der Waals surface area contributed by atoms with Gasteiger partial charge in [0, 0.05) is 38.8 Å². The molecule has 0 saturated carbocycles. The van der Waals surface area contributed by atoms with Crippen molar-refractivity contribution >= 4 is 44.0 Å². The summed E-state index contributed by atoms with van der Waals surface area (Å²) >= 11 is 0. The molecule has 0 aliphatic heterocycles. The lowest BCUT2D eigenvalue weighted by atomic mass is 9.82. The van der Waals surface area contributed by atoms with Crippen LogP contribution >= 0.6 is 0 Å². The van der Waals surface area contributed by atoms with Gasteiger partial charge in [-0.25, -0.2) is 0 Å². The van der Waals surface area contributed by atoms with Gasteiger partial charge < -0.3 is 9.88 Å². The Bertz CT molecular complexity index is 3170. The van der Waals surface area contributed by atoms with E-state index in [9.17, 15) is 0 Å². The van der Waals surface area contributed by atoms with E-state index in [4.69, 9.17) is 0 Å². The Morgan fingerprint density at radius 2 is 1.05 bits per heavy atom. The highest BCUT2D eigenvalue weighted by molar-refractivity contribution is 6.13. The molecule has 2 nitrogen and oxygen atoms in total. The molecular weight excluding hydrogens is 689 g/mol. The van der Waals surface area contributed by atoms with Crippen molar-refractivity contribution in [3.63, 3.8) is 0 Å². The molecule has 10 aromatic rings. The quantitative estimate of drug-likeness (QED) is 0.180. The van der Waals surface area contributed by atoms with Crippen LogP contribution in [-0.2, 0) is 5.41 Å². The molecule has 0 spiro atoms. The van der Waals surface area contributed by atoms with Crippen molar-refractivity contribution < 1.29 is 0 Å². The van der Waals surface area contributed by atoms with Gasteiger partial charge in [0.1, 0.15) is 0 Å². The minimum atomic E-state index is -0.0948. The Morgan fingerprint density at radius 1 is 0.386 bits per heavy atom. The molecule has 1 aliphatic carbocycles. The van der Waals surface area contributed by atoms with Crippen LogP contribution in [0.3, 0.4) is 0 Å². The maximum atomic E-state index is 3.78. The summed E-state index contributed by atoms with van der Waals surface area (Å²) in [6, 6.07) is 73.2. The molecule has 1 aliphatic rings. The van der Waals surface area contributed by atoms with Gasteiger partial charge in [-0.1, -0.05) is 153 Å². The van der Waals surface area contributed by atoms with Crippen LogP contribution in [0, 0.1) is 0 Å². The average Bonchev–Trinajstić information content (AvgIpc) is 3.70. The minimum Gasteiger partial charge on any atom is -0.355 e. The van der Waals surface area contributed by atoms with Crippen LogP contribution < -0.4 is 5.32 Å². The van der Waals surface area contributed by atoms with E-state index in [1.54, 1.807) is 0 Å². The Morgan fingerprint density at radius 3 is 1.89 bits per heavy atom. The van der Waals surface area contributed by atoms with Crippen LogP contribution in [0.4, 0.5) is 11.4 Å². The third-order valence-electron chi connectivity index (χ3n) is 12.1. The lowest BCUT2D eigenvalue weighted by Gasteiger charge is -2.21. The van der Waals surface area contributed by atoms with Crippen LogP contribution in [0.5, 0.6) is 0 Å². The number of benzene rings is 9. The first-order chi connectivity index (χ1) is 28.0. The fourth-order valence-electron chi connectivity index (χ4n) is 9.24. The Balaban J connectivity index is 1.09. The molecule has 0 fully saturated rings. The fourth-order valence-corrected chi connectivity index (χ4v) is 9.24. The van der Waals surface area contributed by atoms with E-state index in [0.717, 1.165) is 16.9 Å². The first kappa shape index (κ1) is 33.2. The number of nitrogens with one attached hydrogen (secondary N) is 1. The molecular formula is C55H40N2. The van der Waals surface area contributed by atoms with Crippen molar-refractivity contribution in [3.8, 4) is 50.2 Å². The van der Waals surface area contributed by atoms with Crippen LogP contribution in [0.25, 0.3) is 82.8 Å². The zero-order valence-electron chi connectivity index (χ0n) is 32.0. The van der Waals surface area contributed by atoms with Crippen molar-refractivity contribution in [3.05, 3.63) is 211 Å². The van der Waals surface area contributed by atoms with Crippen molar-refractivity contribution in [2.75, 3.05) is 5.32 Å². The predicted octanol–water partition coefficient (Wildman–Crippen LogP) is 15.0. The van der Waals surface area contributed by atoms with E-state index < -0.39 is 0 Å². The number of anilines is 2. The zero-order valence-corrected chi connectivity index (χ0v) is 32.0. The smallest absolute Gasteiger partial charge is 0.0544 e. The first-order valence-corrected chi connectivity index (χ1v) is 19.8. The SMILES string of the molecule is CC1(C)c2ccccc2-c2cc3c4cc(-c5ccc(Nc6cccc(-c7ccccc7)c6)c(-c6ccccc6)c5)ccc4n(-c4ccc5ccccc5c4)c3cc21. The van der Waals surface area contributed by atoms with Crippen molar-refractivity contribution in [2.45, 2.75) is 19.3 Å². The maximum Gasteiger partial charge on any atom is 0.0544 e. The fraction of sp³-hybridized carbons (Fsp3) is 0.0545. The number of fused-ring (bicyclic) bond motifs is 7. The third-order valence-corrected chi connectivity index (χ3v) is 12.1. The number of hydrogen-bond donors (Lipinski definition) is 1. The molecule has 57 heavy (non-hydrogen) atoms. The molecule has 0 atom stereocenters. The van der Waals surface area contributed by atoms with E-state index in [1.165, 1.54) is 88.3 Å². The third kappa shape index (κ3) is 5.48. The lowest BCUT2D eigenvalue weighted by molar-refractivity contribution is 0.661. The molecule has 2 heteroatoms. The number of hydrogen-bond acceptors (Lipinski definition) is 1. The summed E-state index contributed by atoms with van der Waals surface area (Å²) in [5.41, 5.74) is 18.2. The summed E-state index contributed by atoms with van der Waals surface area (Å²) in [4.78, 5) is 0. The molecule has 0 unspecified atom stereocenters. The van der Waals surface area contributed by atoms with E-state index in [-0.39, 0.29) is 5.41 Å². The molecule has 0 radical (unpaired) electrons. The lowest BCUT2D eigenvalue weighted by Crippen LogP contribution is -2.14. The number of aromatic nitrogens is 1. The highest BCUT2D eigenvalue weighted by atomic mass is 15.0. The minimum absolute atomic E-state index is 0.0948. The van der Waals surface area contributed by atoms with Gasteiger partial charge in [-0.15, -0.1) is 0 Å². The van der Waals surface area contributed by atoms with Gasteiger partial charge in [0.15, 0.2) is 0 Å². The Kier molecular flexibility index (Phi) is 7.55. The van der Waals surface area contributed by atoms with Gasteiger partial charge in [0.05, 0.1) is 11.0 Å². The van der Waals surface area contributed by atoms with Crippen molar-refractivity contribution in [1.29, 1.82) is 0 Å². The van der Waals surface area contributed by atoms with Gasteiger partial charge in [0.25, 0.3) is 0 Å². The Labute approximate surface area is 333 Å². The summed E-state index contributed by atoms with van der Waals surface area (Å²) in [6.45, 7) is 4.74. The summed E-state index contributed by atoms with van der Waals surface area (Å²) in [5.74, 6) is 0. The van der Waals surface area contributed by atoms with E-state index in [1.807, 2.05) is 0 Å². The summed E-state index contributed by atoms with van der Waals surface area (Å²) < 4.78 is 2.48. The number of rotatable bonds is 6. The normalized spacial score (nSPS) is 12.9. The Hall–Kier alpha value is -7.16. The van der Waals surface area contributed by atoms with Gasteiger partial charge in [-0.2, -0.15) is 0 Å². The highest BCUT2D eigenvalue weighted by Crippen LogP contribution is 2.51. The first-order valence-electron chi connectivity index (χ1n) is 19.8. The molecule has 1 heterocycles. The summed E-state index contributed by atoms with van der Waals surface area (Å²) in [5, 5.41) is 8.79. The monoisotopic (exact) mass is 728 g/mol. The average molecular weight is 729 g/mol. The molecule has 270 valence electrons. The van der Waals surface area contributed by atoms with Crippen molar-refractivity contribution in [2.24, 2.45) is 0 Å². The second-order valence-electron chi connectivity index (χ2n) is 15.9. The molecule has 0 saturated heterocycles. The van der Waals surface area contributed by atoms with E-state index in [0.29, 0.717) is 0 Å². The summed E-state index contributed by atoms with van der Waals surface area (Å²) in [6.07, 6.45) is 0. The molecule has 9 aromatic carbocycles. The largest absolute Gasteiger partial charge is 0.355 e. The van der Waals surface area contributed by atoms with Crippen molar-refractivity contribution in [1.82, 2.24) is 4.57 Å².